The molecule has 0 aliphatic heterocycles. The molecule has 2 atom stereocenters. The molecule has 2 amide bonds. The average Bonchev–Trinajstić information content (AvgIpc) is 3.32. The van der Waals surface area contributed by atoms with E-state index in [9.17, 15) is 38.5 Å². The molecule has 0 spiro atoms. The number of carboxylic acid groups (broad SMARTS) is 1. The maximum atomic E-state index is 14.2. The maximum Gasteiger partial charge on any atom is 1.00 e. The number of hydrogen-bond donors (Lipinski definition) is 4. The number of anilines is 1. The summed E-state index contributed by atoms with van der Waals surface area (Å²) < 4.78 is 29.9. The summed E-state index contributed by atoms with van der Waals surface area (Å²) in [5.41, 5.74) is 8.92. The first-order valence-electron chi connectivity index (χ1n) is 14.6. The van der Waals surface area contributed by atoms with E-state index in [-0.39, 0.29) is 54.1 Å². The fraction of sp³-hybridized carbons (Fsp3) is 0.229. The number of hydrogen-bond acceptors (Lipinski definition) is 6. The van der Waals surface area contributed by atoms with Crippen molar-refractivity contribution in [2.75, 3.05) is 5.32 Å². The zero-order valence-electron chi connectivity index (χ0n) is 26.2. The molecule has 0 radical (unpaired) electrons. The monoisotopic (exact) mass is 653 g/mol. The Balaban J connectivity index is 0.00000600. The van der Waals surface area contributed by atoms with Gasteiger partial charge in [0.2, 0.25) is 5.91 Å². The van der Waals surface area contributed by atoms with E-state index in [1.54, 1.807) is 47.0 Å². The molecular formula is C35H34F2N3NaO6. The van der Waals surface area contributed by atoms with Gasteiger partial charge >= 0.3 is 29.6 Å². The predicted octanol–water partition coefficient (Wildman–Crippen LogP) is 1.23. The van der Waals surface area contributed by atoms with E-state index in [1.165, 1.54) is 42.5 Å². The van der Waals surface area contributed by atoms with Gasteiger partial charge in [0.05, 0.1) is 18.6 Å². The van der Waals surface area contributed by atoms with Gasteiger partial charge in [0.15, 0.2) is 0 Å². The molecule has 0 saturated heterocycles. The van der Waals surface area contributed by atoms with Gasteiger partial charge in [-0.1, -0.05) is 42.5 Å². The predicted molar refractivity (Wildman–Crippen MR) is 168 cm³/mol. The van der Waals surface area contributed by atoms with Crippen LogP contribution in [0.15, 0.2) is 78.9 Å². The van der Waals surface area contributed by atoms with E-state index in [2.05, 4.69) is 5.32 Å². The molecule has 0 aliphatic rings. The quantitative estimate of drug-likeness (QED) is 0.159. The first kappa shape index (κ1) is 37.3. The molecule has 0 saturated carbocycles. The van der Waals surface area contributed by atoms with Gasteiger partial charge in [0.25, 0.3) is 5.91 Å². The van der Waals surface area contributed by atoms with Crippen LogP contribution in [-0.2, 0) is 16.0 Å². The number of halogens is 2. The Bertz CT molecular complexity index is 1740. The Morgan fingerprint density at radius 1 is 0.894 bits per heavy atom. The van der Waals surface area contributed by atoms with E-state index >= 15 is 0 Å². The molecular weight excluding hydrogens is 619 g/mol. The number of aliphatic hydroxyl groups excluding tert-OH is 2. The van der Waals surface area contributed by atoms with Crippen LogP contribution in [0.2, 0.25) is 0 Å². The Morgan fingerprint density at radius 3 is 1.91 bits per heavy atom. The van der Waals surface area contributed by atoms with Crippen molar-refractivity contribution >= 4 is 29.5 Å². The number of benzene rings is 3. The first-order valence-corrected chi connectivity index (χ1v) is 14.6. The van der Waals surface area contributed by atoms with Gasteiger partial charge in [-0.2, -0.15) is 0 Å². The first-order chi connectivity index (χ1) is 21.8. The third-order valence-electron chi connectivity index (χ3n) is 7.22. The van der Waals surface area contributed by atoms with E-state index in [0.29, 0.717) is 39.2 Å². The van der Waals surface area contributed by atoms with Crippen molar-refractivity contribution in [2.24, 2.45) is 5.73 Å². The number of aliphatic hydroxyl groups is 2. The fourth-order valence-electron chi connectivity index (χ4n) is 5.27. The van der Waals surface area contributed by atoms with Crippen LogP contribution in [0.1, 0.15) is 54.5 Å². The number of carbonyl (C=O) groups excluding carboxylic acids is 3. The van der Waals surface area contributed by atoms with Crippen LogP contribution in [0, 0.1) is 11.6 Å². The third kappa shape index (κ3) is 9.69. The zero-order valence-corrected chi connectivity index (χ0v) is 28.2. The molecule has 1 aromatic heterocycles. The van der Waals surface area contributed by atoms with Crippen LogP contribution in [-0.4, -0.2) is 44.8 Å². The van der Waals surface area contributed by atoms with Crippen molar-refractivity contribution in [2.45, 2.75) is 51.4 Å². The normalized spacial score (nSPS) is 12.5. The summed E-state index contributed by atoms with van der Waals surface area (Å²) in [6.45, 7) is 3.69. The standard InChI is InChI=1S/C35H35F2N3O6.Na/c1-20(2)40-29(16-15-27(41)18-28(42)19-31(44)45)32(22-5-9-24(36)10-6-22)33(23-7-11-25(37)12-8-23)34(40)35(46)39-26-13-3-21(4-14-26)17-30(38)43;/h3-16,20,27-28,41-42H,17-19H2,1-2H3,(H2,38,43)(H,39,46)(H,44,45);/q;+1/p-1/b16-15+;/t27-,28-;/m1./s1. The van der Waals surface area contributed by atoms with Gasteiger partial charge in [-0.15, -0.1) is 0 Å². The molecule has 5 N–H and O–H groups in total. The van der Waals surface area contributed by atoms with Gasteiger partial charge in [-0.05, 0) is 73.0 Å². The summed E-state index contributed by atoms with van der Waals surface area (Å²) in [7, 11) is 0. The van der Waals surface area contributed by atoms with Crippen molar-refractivity contribution < 1.29 is 68.0 Å². The summed E-state index contributed by atoms with van der Waals surface area (Å²) in [6, 6.07) is 17.4. The number of carboxylic acids is 1. The number of carbonyl (C=O) groups is 3. The molecule has 9 nitrogen and oxygen atoms in total. The fourth-order valence-corrected chi connectivity index (χ4v) is 5.27. The van der Waals surface area contributed by atoms with E-state index in [1.807, 2.05) is 13.8 Å². The van der Waals surface area contributed by atoms with Gasteiger partial charge in [0, 0.05) is 47.4 Å². The average molecular weight is 654 g/mol. The van der Waals surface area contributed by atoms with Crippen molar-refractivity contribution in [3.8, 4) is 22.3 Å². The largest absolute Gasteiger partial charge is 1.00 e. The molecule has 3 aromatic carbocycles. The summed E-state index contributed by atoms with van der Waals surface area (Å²) in [6.07, 6.45) is -0.615. The van der Waals surface area contributed by atoms with Gasteiger partial charge in [-0.25, -0.2) is 8.78 Å². The minimum absolute atomic E-state index is 0. The Kier molecular flexibility index (Phi) is 13.2. The minimum Gasteiger partial charge on any atom is -0.550 e. The molecule has 47 heavy (non-hydrogen) atoms. The summed E-state index contributed by atoms with van der Waals surface area (Å²) in [5, 5.41) is 34.4. The van der Waals surface area contributed by atoms with Crippen LogP contribution in [0.3, 0.4) is 0 Å². The van der Waals surface area contributed by atoms with Crippen molar-refractivity contribution in [1.29, 1.82) is 0 Å². The smallest absolute Gasteiger partial charge is 0.550 e. The Morgan fingerprint density at radius 2 is 1.43 bits per heavy atom. The second-order valence-electron chi connectivity index (χ2n) is 11.1. The summed E-state index contributed by atoms with van der Waals surface area (Å²) >= 11 is 0. The van der Waals surface area contributed by atoms with Gasteiger partial charge in [0.1, 0.15) is 17.3 Å². The van der Waals surface area contributed by atoms with E-state index in [0.717, 1.165) is 0 Å². The molecule has 0 aliphatic carbocycles. The Hall–Kier alpha value is -4.13. The van der Waals surface area contributed by atoms with Crippen molar-refractivity contribution in [3.05, 3.63) is 107 Å². The van der Waals surface area contributed by atoms with Crippen LogP contribution in [0.4, 0.5) is 14.5 Å². The maximum absolute atomic E-state index is 14.2. The Labute approximate surface area is 293 Å². The number of rotatable bonds is 13. The SMILES string of the molecule is CC(C)n1c(/C=C/[C@@H](O)C[C@@H](O)CC(=O)[O-])c(-c2ccc(F)cc2)c(-c2ccc(F)cc2)c1C(=O)Nc1ccc(CC(N)=O)cc1.[Na+]. The molecule has 0 unspecified atom stereocenters. The number of amides is 2. The second kappa shape index (κ2) is 16.6. The summed E-state index contributed by atoms with van der Waals surface area (Å²) in [5.74, 6) is -3.46. The molecule has 0 fully saturated rings. The van der Waals surface area contributed by atoms with Gasteiger partial charge in [-0.3, -0.25) is 9.59 Å². The van der Waals surface area contributed by atoms with E-state index in [4.69, 9.17) is 5.73 Å². The molecule has 0 bridgehead atoms. The number of aliphatic carboxylic acids is 1. The van der Waals surface area contributed by atoms with Crippen LogP contribution >= 0.6 is 0 Å². The van der Waals surface area contributed by atoms with Crippen molar-refractivity contribution in [1.82, 2.24) is 4.57 Å². The zero-order chi connectivity index (χ0) is 33.5. The molecule has 4 aromatic rings. The minimum atomic E-state index is -1.46. The molecule has 1 heterocycles. The van der Waals surface area contributed by atoms with Crippen LogP contribution < -0.4 is 45.7 Å². The number of primary amides is 1. The molecule has 240 valence electrons. The van der Waals surface area contributed by atoms with Crippen LogP contribution in [0.5, 0.6) is 0 Å². The summed E-state index contributed by atoms with van der Waals surface area (Å²) in [4.78, 5) is 36.4. The van der Waals surface area contributed by atoms with Crippen molar-refractivity contribution in [3.63, 3.8) is 0 Å². The second-order valence-corrected chi connectivity index (χ2v) is 11.1. The number of aromatic nitrogens is 1. The van der Waals surface area contributed by atoms with Crippen LogP contribution in [0.25, 0.3) is 28.3 Å². The molecule has 12 heteroatoms. The van der Waals surface area contributed by atoms with E-state index < -0.39 is 48.0 Å². The number of nitrogens with one attached hydrogen (secondary N) is 1. The number of nitrogens with zero attached hydrogens (tertiary/aromatic N) is 1. The number of nitrogens with two attached hydrogens (primary N) is 1. The topological polar surface area (TPSA) is 158 Å². The van der Waals surface area contributed by atoms with Gasteiger partial charge < -0.3 is 35.7 Å². The third-order valence-corrected chi connectivity index (χ3v) is 7.22. The molecule has 4 rings (SSSR count).